The molecule has 0 saturated heterocycles. The fourth-order valence-corrected chi connectivity index (χ4v) is 2.36. The summed E-state index contributed by atoms with van der Waals surface area (Å²) in [6, 6.07) is 10.3. The van der Waals surface area contributed by atoms with E-state index in [-0.39, 0.29) is 22.8 Å². The lowest BCUT2D eigenvalue weighted by molar-refractivity contribution is 0.0989. The normalized spacial score (nSPS) is 10.5. The first kappa shape index (κ1) is 14.7. The predicted molar refractivity (Wildman–Crippen MR) is 81.3 cm³/mol. The van der Waals surface area contributed by atoms with Gasteiger partial charge in [0.1, 0.15) is 0 Å². The molecule has 0 atom stereocenters. The number of hydrogen-bond donors (Lipinski definition) is 0. The van der Waals surface area contributed by atoms with Crippen LogP contribution in [0.2, 0.25) is 5.02 Å². The molecule has 0 spiro atoms. The number of hydrogen-bond acceptors (Lipinski definition) is 1. The van der Waals surface area contributed by atoms with Gasteiger partial charge in [-0.25, -0.2) is 4.39 Å². The molecule has 0 amide bonds. The second kappa shape index (κ2) is 6.16. The monoisotopic (exact) mass is 404 g/mol. The number of carbonyl (C=O) groups excluding carboxylic acids is 1. The molecule has 0 saturated carbocycles. The van der Waals surface area contributed by atoms with Gasteiger partial charge in [-0.1, -0.05) is 39.7 Å². The van der Waals surface area contributed by atoms with E-state index in [4.69, 9.17) is 11.6 Å². The SMILES string of the molecule is O=C(Cc1ccc(Br)cc1)c1ccc(Br)c(Cl)c1F. The second-order valence-electron chi connectivity index (χ2n) is 3.95. The van der Waals surface area contributed by atoms with Gasteiger partial charge in [-0.15, -0.1) is 0 Å². The van der Waals surface area contributed by atoms with E-state index in [2.05, 4.69) is 31.9 Å². The highest BCUT2D eigenvalue weighted by molar-refractivity contribution is 9.10. The average molecular weight is 406 g/mol. The van der Waals surface area contributed by atoms with Crippen LogP contribution in [0.3, 0.4) is 0 Å². The first-order chi connectivity index (χ1) is 8.99. The number of benzene rings is 2. The maximum atomic E-state index is 13.9. The zero-order valence-electron chi connectivity index (χ0n) is 9.59. The zero-order chi connectivity index (χ0) is 14.0. The third-order valence-corrected chi connectivity index (χ3v) is 4.40. The number of rotatable bonds is 3. The molecule has 0 N–H and O–H groups in total. The number of halogens is 4. The molecule has 5 heteroatoms. The molecule has 0 fully saturated rings. The van der Waals surface area contributed by atoms with E-state index in [9.17, 15) is 9.18 Å². The molecule has 2 rings (SSSR count). The van der Waals surface area contributed by atoms with Crippen molar-refractivity contribution >= 4 is 49.2 Å². The van der Waals surface area contributed by atoms with Gasteiger partial charge in [-0.3, -0.25) is 4.79 Å². The van der Waals surface area contributed by atoms with Crippen LogP contribution in [0.5, 0.6) is 0 Å². The van der Waals surface area contributed by atoms with Gasteiger partial charge in [0.15, 0.2) is 11.6 Å². The minimum absolute atomic E-state index is 0.0103. The Morgan fingerprint density at radius 3 is 2.37 bits per heavy atom. The van der Waals surface area contributed by atoms with E-state index in [1.807, 2.05) is 24.3 Å². The van der Waals surface area contributed by atoms with Gasteiger partial charge in [0.2, 0.25) is 0 Å². The molecule has 1 nitrogen and oxygen atoms in total. The molecule has 0 radical (unpaired) electrons. The standard InChI is InChI=1S/C14H8Br2ClFO/c15-9-3-1-8(2-4-9)7-12(19)10-5-6-11(16)13(17)14(10)18/h1-6H,7H2. The van der Waals surface area contributed by atoms with Crippen molar-refractivity contribution < 1.29 is 9.18 Å². The van der Waals surface area contributed by atoms with Gasteiger partial charge >= 0.3 is 0 Å². The second-order valence-corrected chi connectivity index (χ2v) is 6.10. The molecule has 2 aromatic rings. The van der Waals surface area contributed by atoms with E-state index in [1.165, 1.54) is 6.07 Å². The van der Waals surface area contributed by atoms with Crippen molar-refractivity contribution in [1.82, 2.24) is 0 Å². The third kappa shape index (κ3) is 3.44. The molecule has 0 unspecified atom stereocenters. The summed E-state index contributed by atoms with van der Waals surface area (Å²) in [5.41, 5.74) is 0.836. The van der Waals surface area contributed by atoms with Crippen molar-refractivity contribution in [3.63, 3.8) is 0 Å². The quantitative estimate of drug-likeness (QED) is 0.491. The topological polar surface area (TPSA) is 17.1 Å². The highest BCUT2D eigenvalue weighted by Gasteiger charge is 2.16. The van der Waals surface area contributed by atoms with Crippen molar-refractivity contribution in [3.05, 3.63) is 67.3 Å². The maximum Gasteiger partial charge on any atom is 0.170 e. The summed E-state index contributed by atoms with van der Waals surface area (Å²) in [6.07, 6.45) is 0.141. The van der Waals surface area contributed by atoms with Crippen LogP contribution < -0.4 is 0 Å². The van der Waals surface area contributed by atoms with E-state index < -0.39 is 5.82 Å². The first-order valence-electron chi connectivity index (χ1n) is 5.40. The minimum atomic E-state index is -0.682. The van der Waals surface area contributed by atoms with Crippen LogP contribution in [0.1, 0.15) is 15.9 Å². The molecule has 0 aromatic heterocycles. The Kier molecular flexibility index (Phi) is 4.76. The molecule has 0 heterocycles. The van der Waals surface area contributed by atoms with Crippen LogP contribution in [0.4, 0.5) is 4.39 Å². The highest BCUT2D eigenvalue weighted by Crippen LogP contribution is 2.28. The van der Waals surface area contributed by atoms with Crippen molar-refractivity contribution in [3.8, 4) is 0 Å². The molecule has 0 aliphatic carbocycles. The lowest BCUT2D eigenvalue weighted by Crippen LogP contribution is -2.06. The maximum absolute atomic E-state index is 13.9. The van der Waals surface area contributed by atoms with Crippen molar-refractivity contribution in [1.29, 1.82) is 0 Å². The van der Waals surface area contributed by atoms with Gasteiger partial charge < -0.3 is 0 Å². The summed E-state index contributed by atoms with van der Waals surface area (Å²) < 4.78 is 15.3. The fourth-order valence-electron chi connectivity index (χ4n) is 1.62. The number of ketones is 1. The van der Waals surface area contributed by atoms with Gasteiger partial charge in [0.25, 0.3) is 0 Å². The Hall–Kier alpha value is -0.710. The van der Waals surface area contributed by atoms with Gasteiger partial charge in [-0.2, -0.15) is 0 Å². The molecule has 0 aliphatic rings. The number of Topliss-reactive ketones (excluding diaryl/α,β-unsaturated/α-hetero) is 1. The minimum Gasteiger partial charge on any atom is -0.294 e. The Morgan fingerprint density at radius 1 is 1.11 bits per heavy atom. The lowest BCUT2D eigenvalue weighted by Gasteiger charge is -2.06. The number of carbonyl (C=O) groups is 1. The van der Waals surface area contributed by atoms with E-state index in [0.29, 0.717) is 4.47 Å². The largest absolute Gasteiger partial charge is 0.294 e. The molecule has 98 valence electrons. The molecule has 0 aliphatic heterocycles. The molecular formula is C14H8Br2ClFO. The zero-order valence-corrected chi connectivity index (χ0v) is 13.5. The average Bonchev–Trinajstić information content (AvgIpc) is 2.39. The van der Waals surface area contributed by atoms with Gasteiger partial charge in [0, 0.05) is 15.4 Å². The summed E-state index contributed by atoms with van der Waals surface area (Å²) in [4.78, 5) is 12.1. The summed E-state index contributed by atoms with van der Waals surface area (Å²) in [5.74, 6) is -0.979. The van der Waals surface area contributed by atoms with Crippen LogP contribution in [0.25, 0.3) is 0 Å². The Bertz CT molecular complexity index is 626. The van der Waals surface area contributed by atoms with Crippen LogP contribution >= 0.6 is 43.5 Å². The van der Waals surface area contributed by atoms with E-state index in [0.717, 1.165) is 10.0 Å². The van der Waals surface area contributed by atoms with Gasteiger partial charge in [-0.05, 0) is 45.8 Å². The Morgan fingerprint density at radius 2 is 1.74 bits per heavy atom. The smallest absolute Gasteiger partial charge is 0.170 e. The highest BCUT2D eigenvalue weighted by atomic mass is 79.9. The van der Waals surface area contributed by atoms with E-state index >= 15 is 0 Å². The lowest BCUT2D eigenvalue weighted by atomic mass is 10.0. The van der Waals surface area contributed by atoms with Crippen LogP contribution in [0, 0.1) is 5.82 Å². The summed E-state index contributed by atoms with van der Waals surface area (Å²) >= 11 is 12.2. The first-order valence-corrected chi connectivity index (χ1v) is 7.36. The summed E-state index contributed by atoms with van der Waals surface area (Å²) in [5, 5.41) is -0.0679. The third-order valence-electron chi connectivity index (χ3n) is 2.61. The molecule has 19 heavy (non-hydrogen) atoms. The molecule has 2 aromatic carbocycles. The molecule has 0 bridgehead atoms. The summed E-state index contributed by atoms with van der Waals surface area (Å²) in [6.45, 7) is 0. The van der Waals surface area contributed by atoms with Crippen LogP contribution in [-0.2, 0) is 6.42 Å². The van der Waals surface area contributed by atoms with Crippen molar-refractivity contribution in [2.45, 2.75) is 6.42 Å². The predicted octanol–water partition coefficient (Wildman–Crippen LogP) is 5.43. The van der Waals surface area contributed by atoms with Crippen LogP contribution in [-0.4, -0.2) is 5.78 Å². The van der Waals surface area contributed by atoms with Crippen molar-refractivity contribution in [2.24, 2.45) is 0 Å². The summed E-state index contributed by atoms with van der Waals surface area (Å²) in [7, 11) is 0. The van der Waals surface area contributed by atoms with Crippen molar-refractivity contribution in [2.75, 3.05) is 0 Å². The van der Waals surface area contributed by atoms with Crippen LogP contribution in [0.15, 0.2) is 45.3 Å². The van der Waals surface area contributed by atoms with Gasteiger partial charge in [0.05, 0.1) is 10.6 Å². The Labute approximate surface area is 132 Å². The van der Waals surface area contributed by atoms with E-state index in [1.54, 1.807) is 6.07 Å². The Balaban J connectivity index is 2.25. The molecular weight excluding hydrogens is 398 g/mol. The fraction of sp³-hybridized carbons (Fsp3) is 0.0714.